The normalized spacial score (nSPS) is 12.6. The summed E-state index contributed by atoms with van der Waals surface area (Å²) < 4.78 is 0. The Kier molecular flexibility index (Phi) is 4.56. The maximum absolute atomic E-state index is 6.29. The van der Waals surface area contributed by atoms with Crippen LogP contribution in [-0.2, 0) is 6.42 Å². The molecule has 0 radical (unpaired) electrons. The molecule has 0 amide bonds. The molecule has 0 spiro atoms. The Balaban J connectivity index is 1.89. The van der Waals surface area contributed by atoms with E-state index < -0.39 is 0 Å². The van der Waals surface area contributed by atoms with E-state index in [-0.39, 0.29) is 6.04 Å². The van der Waals surface area contributed by atoms with Crippen LogP contribution in [0.2, 0.25) is 0 Å². The van der Waals surface area contributed by atoms with Crippen molar-refractivity contribution < 1.29 is 0 Å². The highest BCUT2D eigenvalue weighted by molar-refractivity contribution is 7.09. The van der Waals surface area contributed by atoms with E-state index in [1.54, 1.807) is 0 Å². The lowest BCUT2D eigenvalue weighted by Crippen LogP contribution is -2.12. The Hall–Kier alpha value is -1.12. The molecule has 0 bridgehead atoms. The molecule has 0 saturated carbocycles. The average molecular weight is 259 g/mol. The third kappa shape index (κ3) is 3.44. The minimum Gasteiger partial charge on any atom is -0.324 e. The van der Waals surface area contributed by atoms with Crippen molar-refractivity contribution in [3.63, 3.8) is 0 Å². The van der Waals surface area contributed by atoms with Crippen molar-refractivity contribution in [2.24, 2.45) is 5.73 Å². The van der Waals surface area contributed by atoms with Gasteiger partial charge in [-0.1, -0.05) is 29.8 Å². The molecule has 2 rings (SSSR count). The highest BCUT2D eigenvalue weighted by Crippen LogP contribution is 2.22. The third-order valence-electron chi connectivity index (χ3n) is 3.34. The van der Waals surface area contributed by atoms with Gasteiger partial charge >= 0.3 is 0 Å². The van der Waals surface area contributed by atoms with Crippen LogP contribution in [0.3, 0.4) is 0 Å². The third-order valence-corrected chi connectivity index (χ3v) is 4.28. The summed E-state index contributed by atoms with van der Waals surface area (Å²) in [6, 6.07) is 11.0. The highest BCUT2D eigenvalue weighted by atomic mass is 32.1. The van der Waals surface area contributed by atoms with Gasteiger partial charge in [-0.05, 0) is 55.7 Å². The zero-order valence-corrected chi connectivity index (χ0v) is 12.0. The first kappa shape index (κ1) is 13.3. The fourth-order valence-corrected chi connectivity index (χ4v) is 3.10. The van der Waals surface area contributed by atoms with Gasteiger partial charge in [-0.2, -0.15) is 0 Å². The number of rotatable bonds is 5. The molecule has 0 saturated heterocycles. The van der Waals surface area contributed by atoms with Gasteiger partial charge in [-0.15, -0.1) is 11.3 Å². The molecule has 2 aromatic rings. The van der Waals surface area contributed by atoms with E-state index in [0.717, 1.165) is 19.3 Å². The largest absolute Gasteiger partial charge is 0.324 e. The number of hydrogen-bond acceptors (Lipinski definition) is 2. The first-order chi connectivity index (χ1) is 8.66. The van der Waals surface area contributed by atoms with Crippen molar-refractivity contribution in [2.45, 2.75) is 39.2 Å². The number of aryl methyl sites for hydroxylation is 3. The van der Waals surface area contributed by atoms with Gasteiger partial charge in [0.1, 0.15) is 0 Å². The van der Waals surface area contributed by atoms with E-state index in [0.29, 0.717) is 0 Å². The van der Waals surface area contributed by atoms with Gasteiger partial charge in [0.2, 0.25) is 0 Å². The van der Waals surface area contributed by atoms with Gasteiger partial charge in [-0.25, -0.2) is 0 Å². The van der Waals surface area contributed by atoms with E-state index in [1.807, 2.05) is 11.3 Å². The number of hydrogen-bond donors (Lipinski definition) is 1. The van der Waals surface area contributed by atoms with Crippen LogP contribution < -0.4 is 5.73 Å². The van der Waals surface area contributed by atoms with Crippen molar-refractivity contribution in [1.82, 2.24) is 0 Å². The lowest BCUT2D eigenvalue weighted by Gasteiger charge is -2.15. The molecule has 1 atom stereocenters. The fraction of sp³-hybridized carbons (Fsp3) is 0.375. The van der Waals surface area contributed by atoms with E-state index in [4.69, 9.17) is 5.73 Å². The summed E-state index contributed by atoms with van der Waals surface area (Å²) in [5, 5.41) is 2.14. The second-order valence-electron chi connectivity index (χ2n) is 4.94. The van der Waals surface area contributed by atoms with Crippen LogP contribution in [0.25, 0.3) is 0 Å². The highest BCUT2D eigenvalue weighted by Gasteiger charge is 2.08. The van der Waals surface area contributed by atoms with Crippen LogP contribution in [0.5, 0.6) is 0 Å². The van der Waals surface area contributed by atoms with Crippen molar-refractivity contribution in [2.75, 3.05) is 0 Å². The lowest BCUT2D eigenvalue weighted by molar-refractivity contribution is 0.611. The summed E-state index contributed by atoms with van der Waals surface area (Å²) >= 11 is 1.83. The minimum absolute atomic E-state index is 0.172. The predicted molar refractivity (Wildman–Crippen MR) is 80.1 cm³/mol. The van der Waals surface area contributed by atoms with Gasteiger partial charge in [0.25, 0.3) is 0 Å². The standard InChI is InChI=1S/C16H21NS/c1-12-8-9-15(13(2)11-12)16(17)7-3-5-14-6-4-10-18-14/h4,6,8-11,16H,3,5,7,17H2,1-2H3. The average Bonchev–Trinajstić information content (AvgIpc) is 2.81. The zero-order valence-electron chi connectivity index (χ0n) is 11.1. The van der Waals surface area contributed by atoms with Gasteiger partial charge in [0, 0.05) is 10.9 Å². The molecule has 1 aromatic heterocycles. The molecule has 0 fully saturated rings. The van der Waals surface area contributed by atoms with Crippen molar-refractivity contribution in [3.8, 4) is 0 Å². The Morgan fingerprint density at radius 3 is 2.72 bits per heavy atom. The molecule has 18 heavy (non-hydrogen) atoms. The Morgan fingerprint density at radius 2 is 2.06 bits per heavy atom. The van der Waals surface area contributed by atoms with Crippen molar-refractivity contribution >= 4 is 11.3 Å². The van der Waals surface area contributed by atoms with Crippen LogP contribution in [0.4, 0.5) is 0 Å². The summed E-state index contributed by atoms with van der Waals surface area (Å²) in [6.45, 7) is 4.28. The van der Waals surface area contributed by atoms with Crippen LogP contribution >= 0.6 is 11.3 Å². The van der Waals surface area contributed by atoms with E-state index in [2.05, 4.69) is 49.6 Å². The van der Waals surface area contributed by atoms with Gasteiger partial charge in [0.15, 0.2) is 0 Å². The summed E-state index contributed by atoms with van der Waals surface area (Å²) in [4.78, 5) is 1.46. The summed E-state index contributed by atoms with van der Waals surface area (Å²) in [5.74, 6) is 0. The molecule has 2 N–H and O–H groups in total. The Morgan fingerprint density at radius 1 is 1.22 bits per heavy atom. The Bertz CT molecular complexity index is 488. The molecule has 1 unspecified atom stereocenters. The van der Waals surface area contributed by atoms with Gasteiger partial charge in [0.05, 0.1) is 0 Å². The van der Waals surface area contributed by atoms with Gasteiger partial charge < -0.3 is 5.73 Å². The van der Waals surface area contributed by atoms with Crippen LogP contribution in [0.1, 0.15) is 40.5 Å². The summed E-state index contributed by atoms with van der Waals surface area (Å²) in [6.07, 6.45) is 3.37. The minimum atomic E-state index is 0.172. The quantitative estimate of drug-likeness (QED) is 0.847. The lowest BCUT2D eigenvalue weighted by atomic mass is 9.96. The molecule has 96 valence electrons. The molecule has 1 nitrogen and oxygen atoms in total. The second kappa shape index (κ2) is 6.17. The van der Waals surface area contributed by atoms with Crippen molar-refractivity contribution in [1.29, 1.82) is 0 Å². The molecule has 1 heterocycles. The van der Waals surface area contributed by atoms with Crippen LogP contribution in [-0.4, -0.2) is 0 Å². The first-order valence-electron chi connectivity index (χ1n) is 6.52. The zero-order chi connectivity index (χ0) is 13.0. The van der Waals surface area contributed by atoms with Crippen molar-refractivity contribution in [3.05, 3.63) is 57.3 Å². The summed E-state index contributed by atoms with van der Waals surface area (Å²) in [7, 11) is 0. The Labute approximate surface area is 114 Å². The molecule has 0 aliphatic heterocycles. The monoisotopic (exact) mass is 259 g/mol. The first-order valence-corrected chi connectivity index (χ1v) is 7.40. The number of thiophene rings is 1. The predicted octanol–water partition coefficient (Wildman–Crippen LogP) is 4.39. The number of benzene rings is 1. The molecule has 0 aliphatic carbocycles. The fourth-order valence-electron chi connectivity index (χ4n) is 2.35. The maximum atomic E-state index is 6.29. The van der Waals surface area contributed by atoms with Crippen LogP contribution in [0.15, 0.2) is 35.7 Å². The molecule has 1 aromatic carbocycles. The smallest absolute Gasteiger partial charge is 0.0297 e. The van der Waals surface area contributed by atoms with Gasteiger partial charge in [-0.3, -0.25) is 0 Å². The maximum Gasteiger partial charge on any atom is 0.0297 e. The topological polar surface area (TPSA) is 26.0 Å². The second-order valence-corrected chi connectivity index (χ2v) is 5.97. The van der Waals surface area contributed by atoms with E-state index >= 15 is 0 Å². The van der Waals surface area contributed by atoms with Crippen LogP contribution in [0, 0.1) is 13.8 Å². The molecular formula is C16H21NS. The molecule has 2 heteroatoms. The van der Waals surface area contributed by atoms with E-state index in [9.17, 15) is 0 Å². The molecular weight excluding hydrogens is 238 g/mol. The molecule has 0 aliphatic rings. The number of nitrogens with two attached hydrogens (primary N) is 1. The SMILES string of the molecule is Cc1ccc(C(N)CCCc2cccs2)c(C)c1. The summed E-state index contributed by atoms with van der Waals surface area (Å²) in [5.41, 5.74) is 10.2. The van der Waals surface area contributed by atoms with E-state index in [1.165, 1.54) is 21.6 Å².